The Kier molecular flexibility index (Phi) is 19.7. The van der Waals surface area contributed by atoms with Crippen LogP contribution >= 0.6 is 0 Å². The highest BCUT2D eigenvalue weighted by Crippen LogP contribution is 2.37. The molecular weight excluding hydrogens is 888 g/mol. The maximum Gasteiger partial charge on any atom is 0.303 e. The van der Waals surface area contributed by atoms with E-state index in [1.165, 1.54) is 0 Å². The van der Waals surface area contributed by atoms with Crippen molar-refractivity contribution in [3.8, 4) is 0 Å². The Bertz CT molecular complexity index is 1890. The van der Waals surface area contributed by atoms with Crippen molar-refractivity contribution >= 4 is 53.7 Å². The summed E-state index contributed by atoms with van der Waals surface area (Å²) in [6.07, 6.45) is -23.1. The lowest BCUT2D eigenvalue weighted by molar-refractivity contribution is -0.373. The Morgan fingerprint density at radius 1 is 0.439 bits per heavy atom. The van der Waals surface area contributed by atoms with E-state index in [9.17, 15) is 43.2 Å². The van der Waals surface area contributed by atoms with Gasteiger partial charge in [0.25, 0.3) is 0 Å². The van der Waals surface area contributed by atoms with Crippen LogP contribution in [0.4, 0.5) is 0 Å². The molecule has 0 bridgehead atoms. The van der Waals surface area contributed by atoms with E-state index in [-0.39, 0.29) is 6.61 Å². The van der Waals surface area contributed by atoms with Crippen molar-refractivity contribution in [3.05, 3.63) is 35.9 Å². The third kappa shape index (κ3) is 15.7. The van der Waals surface area contributed by atoms with Crippen molar-refractivity contribution in [2.75, 3.05) is 19.8 Å². The maximum atomic E-state index is 12.9. The molecule has 24 nitrogen and oxygen atoms in total. The molecular formula is C42H54O24. The highest BCUT2D eigenvalue weighted by molar-refractivity contribution is 5.70. The van der Waals surface area contributed by atoms with Crippen LogP contribution in [0.5, 0.6) is 0 Å². The van der Waals surface area contributed by atoms with Crippen molar-refractivity contribution in [1.29, 1.82) is 0 Å². The van der Waals surface area contributed by atoms with Crippen LogP contribution in [0.2, 0.25) is 0 Å². The number of rotatable bonds is 18. The second kappa shape index (κ2) is 24.7. The first-order valence-corrected chi connectivity index (χ1v) is 20.5. The molecule has 66 heavy (non-hydrogen) atoms. The topological polar surface area (TPSA) is 292 Å². The lowest BCUT2D eigenvalue weighted by Crippen LogP contribution is -2.68. The molecule has 3 aliphatic rings. The van der Waals surface area contributed by atoms with Gasteiger partial charge in [-0.15, -0.1) is 0 Å². The van der Waals surface area contributed by atoms with Gasteiger partial charge in [0.05, 0.1) is 13.2 Å². The van der Waals surface area contributed by atoms with Crippen LogP contribution in [0.25, 0.3) is 0 Å². The van der Waals surface area contributed by atoms with Crippen molar-refractivity contribution in [2.24, 2.45) is 0 Å². The summed E-state index contributed by atoms with van der Waals surface area (Å²) in [5.74, 6) is -8.13. The number of hydrogen-bond donors (Lipinski definition) is 0. The SMILES string of the molecule is CC(=O)OC[C@H]1O[C@@H](O[C@H]2[C@H](OC(C)=O)[C@@H](OC(C)=O)[C@H](O[C@@H]3CO[C@@H](OCc4ccccc4)[C@H](OC(C)=O)[C@H]3OC(C)=O)O[C@@H]2COC(C)=O)[C@H](OC(C)=O)[C@@H](OC(C)=O)[C@H]1OC(C)=O. The van der Waals surface area contributed by atoms with Gasteiger partial charge >= 0.3 is 53.7 Å². The monoisotopic (exact) mass is 942 g/mol. The van der Waals surface area contributed by atoms with Crippen molar-refractivity contribution < 1.29 is 114 Å². The molecule has 3 fully saturated rings. The van der Waals surface area contributed by atoms with Gasteiger partial charge in [0.1, 0.15) is 37.6 Å². The van der Waals surface area contributed by atoms with Gasteiger partial charge in [-0.2, -0.15) is 0 Å². The summed E-state index contributed by atoms with van der Waals surface area (Å²) in [5, 5.41) is 0. The molecule has 4 rings (SSSR count). The molecule has 0 N–H and O–H groups in total. The maximum absolute atomic E-state index is 12.9. The Balaban J connectivity index is 1.80. The summed E-state index contributed by atoms with van der Waals surface area (Å²) < 4.78 is 86.5. The predicted octanol–water partition coefficient (Wildman–Crippen LogP) is 0.428. The summed E-state index contributed by atoms with van der Waals surface area (Å²) in [6, 6.07) is 8.89. The highest BCUT2D eigenvalue weighted by atomic mass is 16.8. The van der Waals surface area contributed by atoms with Crippen LogP contribution in [0.1, 0.15) is 67.9 Å². The van der Waals surface area contributed by atoms with Crippen LogP contribution in [-0.4, -0.2) is 160 Å². The van der Waals surface area contributed by atoms with E-state index in [0.29, 0.717) is 0 Å². The molecule has 1 aromatic rings. The van der Waals surface area contributed by atoms with E-state index < -0.39 is 160 Å². The van der Waals surface area contributed by atoms with Crippen LogP contribution in [0.3, 0.4) is 0 Å². The fourth-order valence-electron chi connectivity index (χ4n) is 7.16. The lowest BCUT2D eigenvalue weighted by atomic mass is 9.95. The Hall–Kier alpha value is -5.79. The largest absolute Gasteiger partial charge is 0.463 e. The zero-order valence-corrected chi connectivity index (χ0v) is 37.6. The molecule has 0 amide bonds. The zero-order valence-electron chi connectivity index (χ0n) is 37.6. The number of carbonyl (C=O) groups is 9. The average Bonchev–Trinajstić information content (AvgIpc) is 3.20. The molecule has 3 saturated heterocycles. The number of ether oxygens (including phenoxy) is 15. The first-order chi connectivity index (χ1) is 31.1. The van der Waals surface area contributed by atoms with Gasteiger partial charge in [-0.1, -0.05) is 30.3 Å². The Labute approximate surface area is 378 Å². The quantitative estimate of drug-likeness (QED) is 0.142. The van der Waals surface area contributed by atoms with Crippen molar-refractivity contribution in [1.82, 2.24) is 0 Å². The van der Waals surface area contributed by atoms with Gasteiger partial charge in [0.2, 0.25) is 0 Å². The van der Waals surface area contributed by atoms with Crippen LogP contribution in [0.15, 0.2) is 30.3 Å². The fraction of sp³-hybridized carbons (Fsp3) is 0.643. The minimum atomic E-state index is -1.93. The number of esters is 9. The molecule has 0 saturated carbocycles. The summed E-state index contributed by atoms with van der Waals surface area (Å²) in [4.78, 5) is 112. The van der Waals surface area contributed by atoms with E-state index in [4.69, 9.17) is 71.1 Å². The Morgan fingerprint density at radius 2 is 0.818 bits per heavy atom. The summed E-state index contributed by atoms with van der Waals surface area (Å²) >= 11 is 0. The zero-order chi connectivity index (χ0) is 48.8. The predicted molar refractivity (Wildman–Crippen MR) is 210 cm³/mol. The second-order valence-electron chi connectivity index (χ2n) is 15.0. The van der Waals surface area contributed by atoms with Gasteiger partial charge in [-0.3, -0.25) is 43.2 Å². The molecule has 3 aliphatic heterocycles. The smallest absolute Gasteiger partial charge is 0.303 e. The summed E-state index contributed by atoms with van der Waals surface area (Å²) in [6.45, 7) is 7.49. The van der Waals surface area contributed by atoms with Gasteiger partial charge < -0.3 is 71.1 Å². The van der Waals surface area contributed by atoms with Gasteiger partial charge in [0, 0.05) is 62.3 Å². The summed E-state index contributed by atoms with van der Waals surface area (Å²) in [5.41, 5.74) is 0.723. The average molecular weight is 943 g/mol. The van der Waals surface area contributed by atoms with E-state index >= 15 is 0 Å². The Morgan fingerprint density at radius 3 is 1.27 bits per heavy atom. The minimum absolute atomic E-state index is 0.0231. The van der Waals surface area contributed by atoms with Crippen LogP contribution < -0.4 is 0 Å². The molecule has 0 unspecified atom stereocenters. The van der Waals surface area contributed by atoms with Gasteiger partial charge in [0.15, 0.2) is 61.6 Å². The van der Waals surface area contributed by atoms with E-state index in [1.54, 1.807) is 30.3 Å². The second-order valence-corrected chi connectivity index (χ2v) is 15.0. The van der Waals surface area contributed by atoms with Crippen molar-refractivity contribution in [2.45, 2.75) is 155 Å². The number of carbonyl (C=O) groups excluding carboxylic acids is 9. The number of hydrogen-bond acceptors (Lipinski definition) is 24. The van der Waals surface area contributed by atoms with E-state index in [2.05, 4.69) is 0 Å². The normalized spacial score (nSPS) is 30.6. The molecule has 1 aromatic carbocycles. The third-order valence-corrected chi connectivity index (χ3v) is 9.44. The van der Waals surface area contributed by atoms with E-state index in [0.717, 1.165) is 67.9 Å². The van der Waals surface area contributed by atoms with Crippen LogP contribution in [0, 0.1) is 0 Å². The van der Waals surface area contributed by atoms with Gasteiger partial charge in [-0.25, -0.2) is 0 Å². The highest BCUT2D eigenvalue weighted by Gasteiger charge is 2.59. The molecule has 0 aliphatic carbocycles. The summed E-state index contributed by atoms with van der Waals surface area (Å²) in [7, 11) is 0. The molecule has 14 atom stereocenters. The molecule has 366 valence electrons. The third-order valence-electron chi connectivity index (χ3n) is 9.44. The molecule has 0 aromatic heterocycles. The molecule has 0 spiro atoms. The van der Waals surface area contributed by atoms with E-state index in [1.807, 2.05) is 0 Å². The minimum Gasteiger partial charge on any atom is -0.463 e. The molecule has 3 heterocycles. The molecule has 0 radical (unpaired) electrons. The first kappa shape index (κ1) is 52.8. The fourth-order valence-corrected chi connectivity index (χ4v) is 7.16. The lowest BCUT2D eigenvalue weighted by Gasteiger charge is -2.49. The van der Waals surface area contributed by atoms with Gasteiger partial charge in [-0.05, 0) is 5.56 Å². The standard InChI is InChI=1S/C42H54O24/c1-19(43)52-16-29-32(56-21(3)45)35(58-23(5)47)39(62-27(9)51)42(65-29)66-33-30(17-53-20(2)44)63-41(38(61-26(8)50)36(33)59-24(6)48)64-31-18-55-40(54-15-28-13-11-10-12-14-28)37(60-25(7)49)34(31)57-22(4)46/h10-14,29-42H,15-18H2,1-9H3/t29-,30-,31-,32+,33-,34+,35+,36+,37-,38-,39-,40-,41+,42+/m1/s1. The number of benzene rings is 1. The van der Waals surface area contributed by atoms with Crippen LogP contribution in [-0.2, 0) is 121 Å². The molecule has 24 heteroatoms. The van der Waals surface area contributed by atoms with Crippen molar-refractivity contribution in [3.63, 3.8) is 0 Å². The first-order valence-electron chi connectivity index (χ1n) is 20.5.